The van der Waals surface area contributed by atoms with Crippen LogP contribution in [0.15, 0.2) is 23.1 Å². The Kier molecular flexibility index (Phi) is 1.30. The number of nitrogens with zero attached hydrogens (tertiary/aromatic N) is 2. The number of hydrogen-bond donors (Lipinski definition) is 1. The highest BCUT2D eigenvalue weighted by Crippen LogP contribution is 2.15. The molecule has 0 saturated carbocycles. The number of pyridine rings is 1. The molecule has 2 rings (SSSR count). The van der Waals surface area contributed by atoms with E-state index in [9.17, 15) is 4.79 Å². The van der Waals surface area contributed by atoms with Crippen LogP contribution in [0, 0.1) is 0 Å². The Morgan fingerprint density at radius 1 is 1.42 bits per heavy atom. The normalized spacial score (nSPS) is 10.3. The van der Waals surface area contributed by atoms with Crippen molar-refractivity contribution >= 4 is 16.9 Å². The van der Waals surface area contributed by atoms with E-state index in [4.69, 9.17) is 9.63 Å². The zero-order chi connectivity index (χ0) is 8.55. The summed E-state index contributed by atoms with van der Waals surface area (Å²) < 4.78 is 4.74. The van der Waals surface area contributed by atoms with E-state index in [-0.39, 0.29) is 11.1 Å². The van der Waals surface area contributed by atoms with E-state index in [0.29, 0.717) is 5.39 Å². The van der Waals surface area contributed by atoms with Gasteiger partial charge in [-0.2, -0.15) is 0 Å². The van der Waals surface area contributed by atoms with Crippen molar-refractivity contribution in [2.45, 2.75) is 0 Å². The van der Waals surface area contributed by atoms with Crippen LogP contribution < -0.4 is 0 Å². The van der Waals surface area contributed by atoms with Gasteiger partial charge < -0.3 is 9.63 Å². The molecular weight excluding hydrogens is 160 g/mol. The number of carboxylic acid groups (broad SMARTS) is 1. The van der Waals surface area contributed by atoms with Gasteiger partial charge in [0.15, 0.2) is 5.58 Å². The van der Waals surface area contributed by atoms with Crippen molar-refractivity contribution in [1.29, 1.82) is 0 Å². The second kappa shape index (κ2) is 2.30. The monoisotopic (exact) mass is 164 g/mol. The summed E-state index contributed by atoms with van der Waals surface area (Å²) in [6.45, 7) is 0. The molecule has 0 aliphatic rings. The molecule has 2 aromatic rings. The van der Waals surface area contributed by atoms with Gasteiger partial charge in [-0.15, -0.1) is 0 Å². The Bertz CT molecular complexity index is 435. The van der Waals surface area contributed by atoms with Gasteiger partial charge in [-0.25, -0.2) is 4.79 Å². The fourth-order valence-corrected chi connectivity index (χ4v) is 0.947. The third-order valence-corrected chi connectivity index (χ3v) is 1.49. The van der Waals surface area contributed by atoms with Crippen LogP contribution in [0.4, 0.5) is 0 Å². The van der Waals surface area contributed by atoms with Crippen molar-refractivity contribution in [3.8, 4) is 0 Å². The molecule has 60 valence electrons. The van der Waals surface area contributed by atoms with E-state index in [2.05, 4.69) is 10.1 Å². The first-order chi connectivity index (χ1) is 5.79. The molecule has 0 bridgehead atoms. The second-order valence-electron chi connectivity index (χ2n) is 2.24. The van der Waals surface area contributed by atoms with Gasteiger partial charge in [-0.3, -0.25) is 4.98 Å². The maximum Gasteiger partial charge on any atom is 0.341 e. The predicted molar refractivity (Wildman–Crippen MR) is 38.8 cm³/mol. The van der Waals surface area contributed by atoms with Gasteiger partial charge in [0.2, 0.25) is 0 Å². The molecule has 0 radical (unpaired) electrons. The summed E-state index contributed by atoms with van der Waals surface area (Å²) in [5.74, 6) is -1.06. The molecule has 12 heavy (non-hydrogen) atoms. The van der Waals surface area contributed by atoms with Gasteiger partial charge in [0.05, 0.1) is 11.6 Å². The number of hydrogen-bond acceptors (Lipinski definition) is 4. The van der Waals surface area contributed by atoms with Crippen LogP contribution in [0.1, 0.15) is 10.4 Å². The predicted octanol–water partition coefficient (Wildman–Crippen LogP) is 0.921. The summed E-state index contributed by atoms with van der Waals surface area (Å²) in [7, 11) is 0. The van der Waals surface area contributed by atoms with Crippen LogP contribution in [0.2, 0.25) is 0 Å². The number of carbonyl (C=O) groups is 1. The Hall–Kier alpha value is -1.91. The van der Waals surface area contributed by atoms with E-state index < -0.39 is 5.97 Å². The lowest BCUT2D eigenvalue weighted by molar-refractivity contribution is 0.0697. The van der Waals surface area contributed by atoms with Crippen molar-refractivity contribution in [2.24, 2.45) is 0 Å². The van der Waals surface area contributed by atoms with E-state index in [1.165, 1.54) is 18.6 Å². The number of aromatic carboxylic acids is 1. The van der Waals surface area contributed by atoms with Gasteiger partial charge in [-0.1, -0.05) is 5.16 Å². The molecule has 0 unspecified atom stereocenters. The minimum atomic E-state index is -1.06. The molecule has 2 aromatic heterocycles. The molecular formula is C7H4N2O3. The third-order valence-electron chi connectivity index (χ3n) is 1.49. The second-order valence-corrected chi connectivity index (χ2v) is 2.24. The maximum atomic E-state index is 10.6. The van der Waals surface area contributed by atoms with Gasteiger partial charge >= 0.3 is 5.97 Å². The first kappa shape index (κ1) is 6.78. The quantitative estimate of drug-likeness (QED) is 0.678. The van der Waals surface area contributed by atoms with Gasteiger partial charge in [0.25, 0.3) is 0 Å². The first-order valence-corrected chi connectivity index (χ1v) is 3.21. The zero-order valence-corrected chi connectivity index (χ0v) is 5.89. The van der Waals surface area contributed by atoms with E-state index >= 15 is 0 Å². The number of aromatic nitrogens is 2. The van der Waals surface area contributed by atoms with Crippen molar-refractivity contribution in [2.75, 3.05) is 0 Å². The maximum absolute atomic E-state index is 10.6. The standard InChI is InChI=1S/C7H4N2O3/c10-7(11)5-3-8-1-4-2-9-12-6(4)5/h1-3H,(H,10,11). The average Bonchev–Trinajstić information content (AvgIpc) is 2.49. The van der Waals surface area contributed by atoms with Crippen LogP contribution in [0.25, 0.3) is 11.0 Å². The van der Waals surface area contributed by atoms with E-state index in [1.54, 1.807) is 0 Å². The Morgan fingerprint density at radius 2 is 2.25 bits per heavy atom. The summed E-state index contributed by atoms with van der Waals surface area (Å²) >= 11 is 0. The summed E-state index contributed by atoms with van der Waals surface area (Å²) in [6.07, 6.45) is 4.16. The Labute approximate surface area is 66.6 Å². The van der Waals surface area contributed by atoms with Crippen molar-refractivity contribution in [3.05, 3.63) is 24.2 Å². The Balaban J connectivity index is 2.82. The SMILES string of the molecule is O=C(O)c1cncc2cnoc12. The van der Waals surface area contributed by atoms with Crippen molar-refractivity contribution in [1.82, 2.24) is 10.1 Å². The number of carboxylic acids is 1. The molecule has 0 amide bonds. The van der Waals surface area contributed by atoms with E-state index in [0.717, 1.165) is 0 Å². The van der Waals surface area contributed by atoms with E-state index in [1.807, 2.05) is 0 Å². The molecule has 0 aromatic carbocycles. The molecule has 5 nitrogen and oxygen atoms in total. The van der Waals surface area contributed by atoms with Crippen LogP contribution in [-0.4, -0.2) is 21.2 Å². The topological polar surface area (TPSA) is 76.2 Å². The molecule has 0 spiro atoms. The lowest BCUT2D eigenvalue weighted by Crippen LogP contribution is -1.96. The summed E-state index contributed by atoms with van der Waals surface area (Å²) in [5, 5.41) is 12.7. The fraction of sp³-hybridized carbons (Fsp3) is 0. The molecule has 0 atom stereocenters. The minimum absolute atomic E-state index is 0.0324. The lowest BCUT2D eigenvalue weighted by Gasteiger charge is -1.91. The molecule has 0 saturated heterocycles. The zero-order valence-electron chi connectivity index (χ0n) is 5.89. The minimum Gasteiger partial charge on any atom is -0.477 e. The highest BCUT2D eigenvalue weighted by atomic mass is 16.5. The average molecular weight is 164 g/mol. The number of fused-ring (bicyclic) bond motifs is 1. The highest BCUT2D eigenvalue weighted by molar-refractivity contribution is 5.99. The van der Waals surface area contributed by atoms with Crippen LogP contribution in [0.3, 0.4) is 0 Å². The molecule has 1 N–H and O–H groups in total. The number of rotatable bonds is 1. The molecule has 5 heteroatoms. The molecule has 0 aliphatic carbocycles. The fourth-order valence-electron chi connectivity index (χ4n) is 0.947. The van der Waals surface area contributed by atoms with Crippen molar-refractivity contribution < 1.29 is 14.4 Å². The smallest absolute Gasteiger partial charge is 0.341 e. The summed E-state index contributed by atoms with van der Waals surface area (Å²) in [5.41, 5.74) is 0.294. The largest absolute Gasteiger partial charge is 0.477 e. The molecule has 0 fully saturated rings. The summed E-state index contributed by atoms with van der Waals surface area (Å²) in [6, 6.07) is 0. The molecule has 0 aliphatic heterocycles. The van der Waals surface area contributed by atoms with Crippen molar-refractivity contribution in [3.63, 3.8) is 0 Å². The lowest BCUT2D eigenvalue weighted by atomic mass is 10.2. The van der Waals surface area contributed by atoms with Crippen LogP contribution in [-0.2, 0) is 0 Å². The van der Waals surface area contributed by atoms with Gasteiger partial charge in [-0.05, 0) is 0 Å². The highest BCUT2D eigenvalue weighted by Gasteiger charge is 2.11. The molecule has 2 heterocycles. The summed E-state index contributed by atoms with van der Waals surface area (Å²) in [4.78, 5) is 14.3. The third kappa shape index (κ3) is 0.833. The first-order valence-electron chi connectivity index (χ1n) is 3.21. The van der Waals surface area contributed by atoms with Crippen LogP contribution >= 0.6 is 0 Å². The Morgan fingerprint density at radius 3 is 3.00 bits per heavy atom. The van der Waals surface area contributed by atoms with Crippen LogP contribution in [0.5, 0.6) is 0 Å². The van der Waals surface area contributed by atoms with Gasteiger partial charge in [0.1, 0.15) is 5.56 Å². The van der Waals surface area contributed by atoms with Gasteiger partial charge in [0, 0.05) is 12.4 Å².